The number of imide groups is 1. The fourth-order valence-corrected chi connectivity index (χ4v) is 3.04. The van der Waals surface area contributed by atoms with Crippen LogP contribution in [-0.4, -0.2) is 28.6 Å². The molecule has 1 saturated heterocycles. The number of hydrogen-bond acceptors (Lipinski definition) is 6. The second-order valence-electron chi connectivity index (χ2n) is 5.78. The van der Waals surface area contributed by atoms with Crippen molar-refractivity contribution in [3.8, 4) is 0 Å². The Morgan fingerprint density at radius 1 is 1.12 bits per heavy atom. The molecule has 130 valence electrons. The van der Waals surface area contributed by atoms with Crippen LogP contribution in [0.4, 0.5) is 15.8 Å². The van der Waals surface area contributed by atoms with Crippen LogP contribution in [0.15, 0.2) is 53.7 Å². The van der Waals surface area contributed by atoms with Gasteiger partial charge in [0.25, 0.3) is 11.6 Å². The van der Waals surface area contributed by atoms with Crippen molar-refractivity contribution in [3.63, 3.8) is 0 Å². The summed E-state index contributed by atoms with van der Waals surface area (Å²) in [6.45, 7) is 0. The van der Waals surface area contributed by atoms with Gasteiger partial charge in [-0.2, -0.15) is 0 Å². The molecular formula is C17H10FN3O5. The fraction of sp³-hybridized carbons (Fsp3) is 0.118. The highest BCUT2D eigenvalue weighted by Crippen LogP contribution is 2.36. The maximum atomic E-state index is 13.1. The van der Waals surface area contributed by atoms with E-state index in [0.717, 1.165) is 11.0 Å². The number of nitro groups is 1. The van der Waals surface area contributed by atoms with Crippen molar-refractivity contribution in [2.24, 2.45) is 11.1 Å². The van der Waals surface area contributed by atoms with Crippen molar-refractivity contribution in [2.75, 3.05) is 4.90 Å². The SMILES string of the molecule is O=C1[C@H]2C(c3ccc(F)cc3)=NO[C@@H]2C(=O)N1c1cccc([N+](=O)[O-])c1. The minimum absolute atomic E-state index is 0.0886. The van der Waals surface area contributed by atoms with Crippen molar-refractivity contribution in [1.29, 1.82) is 0 Å². The zero-order valence-electron chi connectivity index (χ0n) is 13.0. The molecule has 8 nitrogen and oxygen atoms in total. The standard InChI is InChI=1S/C17H10FN3O5/c18-10-6-4-9(5-7-10)14-13-15(26-19-14)17(23)20(16(13)22)11-2-1-3-12(8-11)21(24)25/h1-8,13,15H/t13-,15-/m0/s1. The van der Waals surface area contributed by atoms with Gasteiger partial charge < -0.3 is 4.84 Å². The van der Waals surface area contributed by atoms with E-state index in [-0.39, 0.29) is 17.1 Å². The molecule has 0 unspecified atom stereocenters. The number of nitro benzene ring substituents is 1. The van der Waals surface area contributed by atoms with E-state index in [1.54, 1.807) is 0 Å². The van der Waals surface area contributed by atoms with Crippen LogP contribution in [0.5, 0.6) is 0 Å². The topological polar surface area (TPSA) is 102 Å². The molecule has 2 aromatic carbocycles. The highest BCUT2D eigenvalue weighted by molar-refractivity contribution is 6.32. The van der Waals surface area contributed by atoms with Gasteiger partial charge in [-0.3, -0.25) is 19.7 Å². The Morgan fingerprint density at radius 2 is 1.85 bits per heavy atom. The van der Waals surface area contributed by atoms with Crippen LogP contribution < -0.4 is 4.90 Å². The molecule has 0 spiro atoms. The van der Waals surface area contributed by atoms with Crippen molar-refractivity contribution in [1.82, 2.24) is 0 Å². The molecule has 2 amide bonds. The van der Waals surface area contributed by atoms with Crippen LogP contribution in [0.25, 0.3) is 0 Å². The molecule has 0 aliphatic carbocycles. The van der Waals surface area contributed by atoms with E-state index in [9.17, 15) is 24.1 Å². The van der Waals surface area contributed by atoms with Crippen molar-refractivity contribution in [3.05, 3.63) is 70.0 Å². The number of anilines is 1. The number of oxime groups is 1. The Bertz CT molecular complexity index is 973. The highest BCUT2D eigenvalue weighted by atomic mass is 19.1. The van der Waals surface area contributed by atoms with Crippen LogP contribution >= 0.6 is 0 Å². The summed E-state index contributed by atoms with van der Waals surface area (Å²) in [6.07, 6.45) is -1.14. The Kier molecular flexibility index (Phi) is 3.50. The molecule has 1 fully saturated rings. The van der Waals surface area contributed by atoms with Gasteiger partial charge in [-0.1, -0.05) is 23.4 Å². The molecule has 2 aromatic rings. The Hall–Kier alpha value is -3.62. The van der Waals surface area contributed by atoms with Gasteiger partial charge in [-0.15, -0.1) is 0 Å². The third-order valence-electron chi connectivity index (χ3n) is 4.25. The molecule has 2 aliphatic rings. The molecule has 9 heteroatoms. The van der Waals surface area contributed by atoms with Crippen LogP contribution in [-0.2, 0) is 14.4 Å². The van der Waals surface area contributed by atoms with Crippen molar-refractivity contribution < 1.29 is 23.7 Å². The van der Waals surface area contributed by atoms with E-state index >= 15 is 0 Å². The largest absolute Gasteiger partial charge is 0.381 e. The summed E-state index contributed by atoms with van der Waals surface area (Å²) in [5.74, 6) is -2.67. The van der Waals surface area contributed by atoms with Gasteiger partial charge in [0.05, 0.1) is 10.6 Å². The fourth-order valence-electron chi connectivity index (χ4n) is 3.04. The van der Waals surface area contributed by atoms with E-state index in [4.69, 9.17) is 4.84 Å². The summed E-state index contributed by atoms with van der Waals surface area (Å²) in [6, 6.07) is 10.5. The van der Waals surface area contributed by atoms with Gasteiger partial charge in [0.15, 0.2) is 0 Å². The maximum absolute atomic E-state index is 13.1. The minimum Gasteiger partial charge on any atom is -0.381 e. The van der Waals surface area contributed by atoms with Crippen LogP contribution in [0.1, 0.15) is 5.56 Å². The average Bonchev–Trinajstić information content (AvgIpc) is 3.16. The normalized spacial score (nSPS) is 21.4. The first-order chi connectivity index (χ1) is 12.5. The predicted octanol–water partition coefficient (Wildman–Crippen LogP) is 2.03. The molecule has 2 atom stereocenters. The van der Waals surface area contributed by atoms with E-state index in [0.29, 0.717) is 5.56 Å². The van der Waals surface area contributed by atoms with Gasteiger partial charge in [-0.25, -0.2) is 9.29 Å². The number of nitrogens with zero attached hydrogens (tertiary/aromatic N) is 3. The van der Waals surface area contributed by atoms with Gasteiger partial charge in [0.2, 0.25) is 12.0 Å². The van der Waals surface area contributed by atoms with Gasteiger partial charge in [0.1, 0.15) is 17.4 Å². The average molecular weight is 355 g/mol. The second kappa shape index (κ2) is 5.73. The zero-order valence-corrected chi connectivity index (χ0v) is 13.0. The molecule has 0 saturated carbocycles. The molecule has 26 heavy (non-hydrogen) atoms. The van der Waals surface area contributed by atoms with Crippen molar-refractivity contribution in [2.45, 2.75) is 6.10 Å². The third-order valence-corrected chi connectivity index (χ3v) is 4.25. The van der Waals surface area contributed by atoms with Crippen LogP contribution in [0, 0.1) is 21.8 Å². The monoisotopic (exact) mass is 355 g/mol. The number of carbonyl (C=O) groups excluding carboxylic acids is 2. The Labute approximate surface area is 145 Å². The summed E-state index contributed by atoms with van der Waals surface area (Å²) >= 11 is 0. The number of hydrogen-bond donors (Lipinski definition) is 0. The second-order valence-corrected chi connectivity index (χ2v) is 5.78. The molecule has 0 radical (unpaired) electrons. The first-order valence-corrected chi connectivity index (χ1v) is 7.59. The summed E-state index contributed by atoms with van der Waals surface area (Å²) in [4.78, 5) is 41.7. The minimum atomic E-state index is -1.14. The van der Waals surface area contributed by atoms with Crippen molar-refractivity contribution >= 4 is 28.9 Å². The van der Waals surface area contributed by atoms with Crippen LogP contribution in [0.2, 0.25) is 0 Å². The number of halogens is 1. The zero-order chi connectivity index (χ0) is 18.4. The Morgan fingerprint density at radius 3 is 2.54 bits per heavy atom. The number of non-ortho nitro benzene ring substituents is 1. The number of benzene rings is 2. The van der Waals surface area contributed by atoms with E-state index < -0.39 is 34.6 Å². The molecule has 0 aromatic heterocycles. The summed E-state index contributed by atoms with van der Waals surface area (Å²) < 4.78 is 13.1. The quantitative estimate of drug-likeness (QED) is 0.476. The van der Waals surface area contributed by atoms with Gasteiger partial charge in [0, 0.05) is 17.7 Å². The lowest BCUT2D eigenvalue weighted by Crippen LogP contribution is -2.33. The Balaban J connectivity index is 1.70. The lowest BCUT2D eigenvalue weighted by atomic mass is 9.94. The van der Waals surface area contributed by atoms with E-state index in [1.165, 1.54) is 42.5 Å². The third kappa shape index (κ3) is 2.32. The van der Waals surface area contributed by atoms with Gasteiger partial charge in [-0.05, 0) is 18.2 Å². The molecule has 0 bridgehead atoms. The lowest BCUT2D eigenvalue weighted by molar-refractivity contribution is -0.384. The molecule has 2 heterocycles. The highest BCUT2D eigenvalue weighted by Gasteiger charge is 2.56. The number of rotatable bonds is 3. The first kappa shape index (κ1) is 15.9. The molecule has 4 rings (SSSR count). The van der Waals surface area contributed by atoms with E-state index in [1.807, 2.05) is 0 Å². The first-order valence-electron chi connectivity index (χ1n) is 7.59. The molecular weight excluding hydrogens is 345 g/mol. The molecule has 2 aliphatic heterocycles. The van der Waals surface area contributed by atoms with Gasteiger partial charge >= 0.3 is 0 Å². The van der Waals surface area contributed by atoms with Crippen LogP contribution in [0.3, 0.4) is 0 Å². The maximum Gasteiger partial charge on any atom is 0.278 e. The number of fused-ring (bicyclic) bond motifs is 1. The summed E-state index contributed by atoms with van der Waals surface area (Å²) in [5.41, 5.74) is 0.529. The number of amides is 2. The summed E-state index contributed by atoms with van der Waals surface area (Å²) in [5, 5.41) is 14.7. The lowest BCUT2D eigenvalue weighted by Gasteiger charge is -2.15. The smallest absolute Gasteiger partial charge is 0.278 e. The number of carbonyl (C=O) groups is 2. The predicted molar refractivity (Wildman–Crippen MR) is 86.9 cm³/mol. The van der Waals surface area contributed by atoms with E-state index in [2.05, 4.69) is 5.16 Å². The molecule has 0 N–H and O–H groups in total. The summed E-state index contributed by atoms with van der Waals surface area (Å²) in [7, 11) is 0.